The summed E-state index contributed by atoms with van der Waals surface area (Å²) < 4.78 is 24.7. The van der Waals surface area contributed by atoms with Gasteiger partial charge in [-0.1, -0.05) is 40.1 Å². The van der Waals surface area contributed by atoms with Gasteiger partial charge in [-0.25, -0.2) is 4.39 Å². The number of hydrogen-bond donors (Lipinski definition) is 1. The molecule has 8 heteroatoms. The normalized spacial score (nSPS) is 11.8. The highest BCUT2D eigenvalue weighted by Crippen LogP contribution is 2.20. The second-order valence-electron chi connectivity index (χ2n) is 5.71. The number of aromatic nitrogens is 2. The first kappa shape index (κ1) is 19.0. The monoisotopic (exact) mass is 433 g/mol. The second-order valence-corrected chi connectivity index (χ2v) is 6.62. The van der Waals surface area contributed by atoms with E-state index in [1.807, 2.05) is 31.2 Å². The fourth-order valence-electron chi connectivity index (χ4n) is 2.35. The Kier molecular flexibility index (Phi) is 6.18. The van der Waals surface area contributed by atoms with Crippen LogP contribution in [0.2, 0.25) is 0 Å². The lowest BCUT2D eigenvalue weighted by molar-refractivity contribution is -0.128. The van der Waals surface area contributed by atoms with Crippen LogP contribution in [0.1, 0.15) is 19.2 Å². The predicted molar refractivity (Wildman–Crippen MR) is 100 cm³/mol. The van der Waals surface area contributed by atoms with Crippen LogP contribution < -0.4 is 10.1 Å². The molecule has 0 aliphatic rings. The summed E-state index contributed by atoms with van der Waals surface area (Å²) >= 11 is 3.39. The van der Waals surface area contributed by atoms with Gasteiger partial charge in [-0.2, -0.15) is 4.98 Å². The van der Waals surface area contributed by atoms with Gasteiger partial charge in [0.1, 0.15) is 11.6 Å². The smallest absolute Gasteiger partial charge is 0.261 e. The molecule has 0 aliphatic heterocycles. The van der Waals surface area contributed by atoms with E-state index in [4.69, 9.17) is 9.26 Å². The molecule has 2 aromatic carbocycles. The fourth-order valence-corrected chi connectivity index (χ4v) is 2.75. The highest BCUT2D eigenvalue weighted by molar-refractivity contribution is 9.10. The number of nitrogens with zero attached hydrogens (tertiary/aromatic N) is 2. The van der Waals surface area contributed by atoms with E-state index in [1.165, 1.54) is 24.3 Å². The molecule has 0 fully saturated rings. The van der Waals surface area contributed by atoms with Crippen LogP contribution in [0.25, 0.3) is 11.4 Å². The first-order valence-corrected chi connectivity index (χ1v) is 9.13. The van der Waals surface area contributed by atoms with E-state index < -0.39 is 6.10 Å². The van der Waals surface area contributed by atoms with Crippen molar-refractivity contribution in [3.8, 4) is 17.1 Å². The number of ether oxygens (including phenoxy) is 1. The zero-order valence-corrected chi connectivity index (χ0v) is 16.1. The first-order valence-electron chi connectivity index (χ1n) is 8.33. The van der Waals surface area contributed by atoms with Crippen molar-refractivity contribution in [2.75, 3.05) is 0 Å². The molecule has 0 spiro atoms. The van der Waals surface area contributed by atoms with Gasteiger partial charge in [-0.05, 0) is 42.8 Å². The number of hydrogen-bond acceptors (Lipinski definition) is 5. The molecule has 1 unspecified atom stereocenters. The van der Waals surface area contributed by atoms with Crippen LogP contribution in [-0.2, 0) is 11.3 Å². The SMILES string of the molecule is CCC(Oc1ccc(F)cc1)C(=O)NCc1nc(-c2cccc(Br)c2)no1. The summed E-state index contributed by atoms with van der Waals surface area (Å²) in [6.07, 6.45) is -0.251. The Morgan fingerprint density at radius 1 is 1.30 bits per heavy atom. The standard InChI is InChI=1S/C19H17BrFN3O3/c1-2-16(26-15-8-6-14(21)7-9-15)19(25)22-11-17-23-18(24-27-17)12-4-3-5-13(20)10-12/h3-10,16H,2,11H2,1H3,(H,22,25). The lowest BCUT2D eigenvalue weighted by Crippen LogP contribution is -2.37. The molecule has 0 aliphatic carbocycles. The van der Waals surface area contributed by atoms with Gasteiger partial charge in [0, 0.05) is 10.0 Å². The summed E-state index contributed by atoms with van der Waals surface area (Å²) in [5.41, 5.74) is 0.803. The summed E-state index contributed by atoms with van der Waals surface area (Å²) in [5, 5.41) is 6.64. The van der Waals surface area contributed by atoms with Crippen molar-refractivity contribution in [1.82, 2.24) is 15.5 Å². The first-order chi connectivity index (χ1) is 13.0. The van der Waals surface area contributed by atoms with E-state index >= 15 is 0 Å². The molecule has 3 rings (SSSR count). The van der Waals surface area contributed by atoms with Crippen molar-refractivity contribution in [1.29, 1.82) is 0 Å². The van der Waals surface area contributed by atoms with Crippen molar-refractivity contribution in [2.24, 2.45) is 0 Å². The van der Waals surface area contributed by atoms with Crippen LogP contribution >= 0.6 is 15.9 Å². The van der Waals surface area contributed by atoms with E-state index in [1.54, 1.807) is 0 Å². The Hall–Kier alpha value is -2.74. The topological polar surface area (TPSA) is 77.2 Å². The van der Waals surface area contributed by atoms with E-state index in [2.05, 4.69) is 31.4 Å². The van der Waals surface area contributed by atoms with Crippen molar-refractivity contribution in [2.45, 2.75) is 26.0 Å². The molecular weight excluding hydrogens is 417 g/mol. The highest BCUT2D eigenvalue weighted by atomic mass is 79.9. The van der Waals surface area contributed by atoms with Gasteiger partial charge >= 0.3 is 0 Å². The van der Waals surface area contributed by atoms with E-state index in [0.29, 0.717) is 18.0 Å². The largest absolute Gasteiger partial charge is 0.481 e. The number of nitrogens with one attached hydrogen (secondary N) is 1. The quantitative estimate of drug-likeness (QED) is 0.606. The summed E-state index contributed by atoms with van der Waals surface area (Å²) in [6.45, 7) is 1.91. The number of carbonyl (C=O) groups excluding carboxylic acids is 1. The van der Waals surface area contributed by atoms with E-state index in [-0.39, 0.29) is 24.2 Å². The Balaban J connectivity index is 1.58. The molecule has 0 saturated heterocycles. The number of carbonyl (C=O) groups is 1. The Morgan fingerprint density at radius 2 is 2.07 bits per heavy atom. The molecule has 27 heavy (non-hydrogen) atoms. The van der Waals surface area contributed by atoms with Gasteiger partial charge in [-0.3, -0.25) is 4.79 Å². The van der Waals surface area contributed by atoms with Crippen molar-refractivity contribution in [3.05, 3.63) is 64.7 Å². The molecule has 0 saturated carbocycles. The second kappa shape index (κ2) is 8.77. The van der Waals surface area contributed by atoms with Crippen LogP contribution in [0.15, 0.2) is 57.5 Å². The fraction of sp³-hybridized carbons (Fsp3) is 0.211. The molecule has 1 atom stereocenters. The Labute approximate surface area is 163 Å². The molecule has 0 bridgehead atoms. The average molecular weight is 434 g/mol. The van der Waals surface area contributed by atoms with E-state index in [9.17, 15) is 9.18 Å². The number of rotatable bonds is 7. The summed E-state index contributed by atoms with van der Waals surface area (Å²) in [5.74, 6) is 0.472. The van der Waals surface area contributed by atoms with Gasteiger partial charge in [0.25, 0.3) is 5.91 Å². The van der Waals surface area contributed by atoms with E-state index in [0.717, 1.165) is 10.0 Å². The van der Waals surface area contributed by atoms with Crippen LogP contribution in [-0.4, -0.2) is 22.2 Å². The molecule has 1 aromatic heterocycles. The molecule has 1 N–H and O–H groups in total. The zero-order valence-electron chi connectivity index (χ0n) is 14.5. The minimum Gasteiger partial charge on any atom is -0.481 e. The van der Waals surface area contributed by atoms with Crippen LogP contribution in [0.4, 0.5) is 4.39 Å². The zero-order chi connectivity index (χ0) is 19.2. The molecule has 1 amide bonds. The number of halogens is 2. The lowest BCUT2D eigenvalue weighted by Gasteiger charge is -2.16. The maximum atomic E-state index is 13.0. The molecule has 140 valence electrons. The van der Waals surface area contributed by atoms with Crippen LogP contribution in [0.3, 0.4) is 0 Å². The Morgan fingerprint density at radius 3 is 2.78 bits per heavy atom. The number of amides is 1. The Bertz CT molecular complexity index is 915. The van der Waals surface area contributed by atoms with Crippen molar-refractivity contribution < 1.29 is 18.4 Å². The van der Waals surface area contributed by atoms with Crippen molar-refractivity contribution >= 4 is 21.8 Å². The minimum absolute atomic E-state index is 0.0864. The van der Waals surface area contributed by atoms with Gasteiger partial charge in [0.15, 0.2) is 6.10 Å². The maximum Gasteiger partial charge on any atom is 0.261 e. The van der Waals surface area contributed by atoms with Gasteiger partial charge < -0.3 is 14.6 Å². The highest BCUT2D eigenvalue weighted by Gasteiger charge is 2.19. The van der Waals surface area contributed by atoms with Crippen LogP contribution in [0.5, 0.6) is 5.75 Å². The summed E-state index contributed by atoms with van der Waals surface area (Å²) in [4.78, 5) is 16.6. The van der Waals surface area contributed by atoms with Crippen molar-refractivity contribution in [3.63, 3.8) is 0 Å². The molecule has 6 nitrogen and oxygen atoms in total. The third-order valence-corrected chi connectivity index (χ3v) is 4.21. The molecule has 3 aromatic rings. The molecule has 0 radical (unpaired) electrons. The van der Waals surface area contributed by atoms with Crippen LogP contribution in [0, 0.1) is 5.82 Å². The predicted octanol–water partition coefficient (Wildman–Crippen LogP) is 4.11. The minimum atomic E-state index is -0.706. The van der Waals surface area contributed by atoms with Gasteiger partial charge in [0.2, 0.25) is 11.7 Å². The molecular formula is C19H17BrFN3O3. The summed E-state index contributed by atoms with van der Waals surface area (Å²) in [7, 11) is 0. The lowest BCUT2D eigenvalue weighted by atomic mass is 10.2. The number of benzene rings is 2. The maximum absolute atomic E-state index is 13.0. The summed E-state index contributed by atoms with van der Waals surface area (Å²) in [6, 6.07) is 13.0. The van der Waals surface area contributed by atoms with Gasteiger partial charge in [0.05, 0.1) is 6.54 Å². The third kappa shape index (κ3) is 5.13. The third-order valence-electron chi connectivity index (χ3n) is 3.72. The molecule has 1 heterocycles. The van der Waals surface area contributed by atoms with Gasteiger partial charge in [-0.15, -0.1) is 0 Å². The average Bonchev–Trinajstić information content (AvgIpc) is 3.15.